The van der Waals surface area contributed by atoms with E-state index in [1.807, 2.05) is 30.3 Å². The van der Waals surface area contributed by atoms with E-state index >= 15 is 0 Å². The van der Waals surface area contributed by atoms with Gasteiger partial charge in [0.25, 0.3) is 5.91 Å². The Morgan fingerprint density at radius 1 is 1.00 bits per heavy atom. The lowest BCUT2D eigenvalue weighted by atomic mass is 10.2. The van der Waals surface area contributed by atoms with Crippen LogP contribution in [0, 0.1) is 0 Å². The molecule has 0 fully saturated rings. The van der Waals surface area contributed by atoms with Gasteiger partial charge in [0.15, 0.2) is 0 Å². The fourth-order valence-electron chi connectivity index (χ4n) is 2.11. The van der Waals surface area contributed by atoms with Crippen LogP contribution in [0.3, 0.4) is 0 Å². The monoisotopic (exact) mass is 342 g/mol. The zero-order valence-corrected chi connectivity index (χ0v) is 13.8. The maximum atomic E-state index is 12.1. The number of carbonyl (C=O) groups excluding carboxylic acids is 1. The Hall–Kier alpha value is -2.30. The topological polar surface area (TPSA) is 41.1 Å². The number of rotatable bonds is 5. The maximum absolute atomic E-state index is 12.1. The van der Waals surface area contributed by atoms with Crippen LogP contribution in [0.2, 0.25) is 5.02 Å². The highest BCUT2D eigenvalue weighted by molar-refractivity contribution is 7.09. The Kier molecular flexibility index (Phi) is 4.95. The lowest BCUT2D eigenvalue weighted by molar-refractivity contribution is 0.102. The molecule has 2 aromatic carbocycles. The summed E-state index contributed by atoms with van der Waals surface area (Å²) in [4.78, 5) is 13.4. The molecule has 1 heterocycles. The van der Waals surface area contributed by atoms with Gasteiger partial charge in [-0.3, -0.25) is 4.79 Å². The van der Waals surface area contributed by atoms with Gasteiger partial charge in [-0.1, -0.05) is 23.7 Å². The number of halogens is 1. The molecule has 116 valence electrons. The number of carbonyl (C=O) groups is 1. The molecule has 0 saturated carbocycles. The molecule has 0 aliphatic carbocycles. The van der Waals surface area contributed by atoms with Gasteiger partial charge in [-0.2, -0.15) is 0 Å². The number of anilines is 2. The molecule has 3 rings (SSSR count). The van der Waals surface area contributed by atoms with Crippen LogP contribution in [0.1, 0.15) is 15.2 Å². The van der Waals surface area contributed by atoms with Gasteiger partial charge in [0.1, 0.15) is 0 Å². The molecule has 0 spiro atoms. The van der Waals surface area contributed by atoms with Crippen molar-refractivity contribution < 1.29 is 4.79 Å². The van der Waals surface area contributed by atoms with Crippen molar-refractivity contribution in [3.05, 3.63) is 81.5 Å². The molecule has 23 heavy (non-hydrogen) atoms. The third-order valence-corrected chi connectivity index (χ3v) is 4.39. The second-order valence-electron chi connectivity index (χ2n) is 4.97. The fraction of sp³-hybridized carbons (Fsp3) is 0.0556. The Morgan fingerprint density at radius 2 is 1.78 bits per heavy atom. The first-order chi connectivity index (χ1) is 11.2. The van der Waals surface area contributed by atoms with Gasteiger partial charge in [-0.15, -0.1) is 11.3 Å². The molecular formula is C18H15ClN2OS. The summed E-state index contributed by atoms with van der Waals surface area (Å²) in [5.74, 6) is -0.174. The highest BCUT2D eigenvalue weighted by Gasteiger charge is 2.06. The Morgan fingerprint density at radius 3 is 2.48 bits per heavy atom. The molecule has 0 radical (unpaired) electrons. The summed E-state index contributed by atoms with van der Waals surface area (Å²) < 4.78 is 0. The number of benzene rings is 2. The second kappa shape index (κ2) is 7.31. The van der Waals surface area contributed by atoms with Crippen molar-refractivity contribution in [3.8, 4) is 0 Å². The summed E-state index contributed by atoms with van der Waals surface area (Å²) >= 11 is 7.62. The predicted octanol–water partition coefficient (Wildman–Crippen LogP) is 5.27. The largest absolute Gasteiger partial charge is 0.380 e. The van der Waals surface area contributed by atoms with E-state index in [1.165, 1.54) is 4.88 Å². The molecule has 0 saturated heterocycles. The van der Waals surface area contributed by atoms with Crippen LogP contribution in [0.5, 0.6) is 0 Å². The number of nitrogens with one attached hydrogen (secondary N) is 2. The second-order valence-corrected chi connectivity index (χ2v) is 6.44. The third-order valence-electron chi connectivity index (χ3n) is 3.28. The van der Waals surface area contributed by atoms with E-state index in [-0.39, 0.29) is 5.91 Å². The normalized spacial score (nSPS) is 10.3. The van der Waals surface area contributed by atoms with Crippen molar-refractivity contribution in [2.45, 2.75) is 6.54 Å². The molecule has 0 unspecified atom stereocenters. The smallest absolute Gasteiger partial charge is 0.255 e. The van der Waals surface area contributed by atoms with E-state index in [0.29, 0.717) is 10.6 Å². The number of hydrogen-bond donors (Lipinski definition) is 2. The van der Waals surface area contributed by atoms with E-state index in [4.69, 9.17) is 11.6 Å². The summed E-state index contributed by atoms with van der Waals surface area (Å²) in [6.07, 6.45) is 0. The van der Waals surface area contributed by atoms with Crippen molar-refractivity contribution in [2.24, 2.45) is 0 Å². The third kappa shape index (κ3) is 4.34. The zero-order valence-electron chi connectivity index (χ0n) is 12.3. The minimum atomic E-state index is -0.174. The molecule has 1 aromatic heterocycles. The van der Waals surface area contributed by atoms with Crippen LogP contribution in [-0.4, -0.2) is 5.91 Å². The van der Waals surface area contributed by atoms with E-state index in [0.717, 1.165) is 17.9 Å². The van der Waals surface area contributed by atoms with E-state index < -0.39 is 0 Å². The first-order valence-electron chi connectivity index (χ1n) is 7.14. The average molecular weight is 343 g/mol. The summed E-state index contributed by atoms with van der Waals surface area (Å²) in [7, 11) is 0. The van der Waals surface area contributed by atoms with Gasteiger partial charge in [0.05, 0.1) is 0 Å². The minimum absolute atomic E-state index is 0.174. The van der Waals surface area contributed by atoms with Crippen molar-refractivity contribution in [2.75, 3.05) is 10.6 Å². The van der Waals surface area contributed by atoms with Gasteiger partial charge < -0.3 is 10.6 Å². The molecule has 3 aromatic rings. The first kappa shape index (κ1) is 15.6. The summed E-state index contributed by atoms with van der Waals surface area (Å²) in [6.45, 7) is 0.798. The van der Waals surface area contributed by atoms with Crippen molar-refractivity contribution in [3.63, 3.8) is 0 Å². The van der Waals surface area contributed by atoms with Gasteiger partial charge in [0.2, 0.25) is 0 Å². The highest BCUT2D eigenvalue weighted by Crippen LogP contribution is 2.17. The first-order valence-corrected chi connectivity index (χ1v) is 8.40. The predicted molar refractivity (Wildman–Crippen MR) is 97.5 cm³/mol. The minimum Gasteiger partial charge on any atom is -0.380 e. The van der Waals surface area contributed by atoms with E-state index in [1.54, 1.807) is 35.6 Å². The van der Waals surface area contributed by atoms with Gasteiger partial charge >= 0.3 is 0 Å². The lowest BCUT2D eigenvalue weighted by Gasteiger charge is -2.08. The summed E-state index contributed by atoms with van der Waals surface area (Å²) in [5.41, 5.74) is 2.30. The number of thiophene rings is 1. The fourth-order valence-corrected chi connectivity index (χ4v) is 2.94. The SMILES string of the molecule is O=C(Nc1ccc(NCc2cccs2)cc1)c1cccc(Cl)c1. The molecule has 2 N–H and O–H groups in total. The van der Waals surface area contributed by atoms with Crippen LogP contribution >= 0.6 is 22.9 Å². The molecule has 0 aliphatic heterocycles. The van der Waals surface area contributed by atoms with Gasteiger partial charge in [-0.25, -0.2) is 0 Å². The van der Waals surface area contributed by atoms with Gasteiger partial charge in [-0.05, 0) is 53.9 Å². The summed E-state index contributed by atoms with van der Waals surface area (Å²) in [5, 5.41) is 8.81. The van der Waals surface area contributed by atoms with Crippen molar-refractivity contribution >= 4 is 40.2 Å². The van der Waals surface area contributed by atoms with Crippen LogP contribution in [0.25, 0.3) is 0 Å². The molecule has 1 amide bonds. The Bertz CT molecular complexity index is 785. The van der Waals surface area contributed by atoms with Crippen LogP contribution < -0.4 is 10.6 Å². The number of amides is 1. The van der Waals surface area contributed by atoms with Crippen LogP contribution in [0.4, 0.5) is 11.4 Å². The maximum Gasteiger partial charge on any atom is 0.255 e. The Balaban J connectivity index is 1.59. The standard InChI is InChI=1S/C18H15ClN2OS/c19-14-4-1-3-13(11-14)18(22)21-16-8-6-15(7-9-16)20-12-17-5-2-10-23-17/h1-11,20H,12H2,(H,21,22). The van der Waals surface area contributed by atoms with Gasteiger partial charge in [0, 0.05) is 33.4 Å². The van der Waals surface area contributed by atoms with E-state index in [9.17, 15) is 4.79 Å². The quantitative estimate of drug-likeness (QED) is 0.663. The van der Waals surface area contributed by atoms with Crippen molar-refractivity contribution in [1.29, 1.82) is 0 Å². The lowest BCUT2D eigenvalue weighted by Crippen LogP contribution is -2.11. The zero-order chi connectivity index (χ0) is 16.1. The molecule has 3 nitrogen and oxygen atoms in total. The molecule has 0 aliphatic rings. The molecule has 0 bridgehead atoms. The van der Waals surface area contributed by atoms with Crippen LogP contribution in [-0.2, 0) is 6.54 Å². The molecular weight excluding hydrogens is 328 g/mol. The van der Waals surface area contributed by atoms with E-state index in [2.05, 4.69) is 22.1 Å². The molecule has 0 atom stereocenters. The number of hydrogen-bond acceptors (Lipinski definition) is 3. The van der Waals surface area contributed by atoms with Crippen LogP contribution in [0.15, 0.2) is 66.0 Å². The summed E-state index contributed by atoms with van der Waals surface area (Å²) in [6, 6.07) is 18.7. The highest BCUT2D eigenvalue weighted by atomic mass is 35.5. The average Bonchev–Trinajstić information content (AvgIpc) is 3.08. The molecule has 5 heteroatoms. The Labute approximate surface area is 143 Å². The van der Waals surface area contributed by atoms with Crippen molar-refractivity contribution in [1.82, 2.24) is 0 Å².